The number of thioether (sulfide) groups is 1. The zero-order chi connectivity index (χ0) is 15.1. The van der Waals surface area contributed by atoms with Crippen LogP contribution in [0.25, 0.3) is 16.6 Å². The fourth-order valence-electron chi connectivity index (χ4n) is 2.48. The maximum Gasteiger partial charge on any atom is 0.313 e. The highest BCUT2D eigenvalue weighted by Gasteiger charge is 2.15. The van der Waals surface area contributed by atoms with Gasteiger partial charge in [-0.05, 0) is 48.9 Å². The number of hydrogen-bond acceptors (Lipinski definition) is 4. The van der Waals surface area contributed by atoms with E-state index in [1.54, 1.807) is 0 Å². The Morgan fingerprint density at radius 2 is 2.00 bits per heavy atom. The SMILES string of the molecule is Cc1ccc2cc(C)c3nnc(SCC(=O)O)n3c2c1C. The van der Waals surface area contributed by atoms with Crippen LogP contribution in [0.15, 0.2) is 23.4 Å². The number of carbonyl (C=O) groups is 1. The third-order valence-electron chi connectivity index (χ3n) is 3.64. The van der Waals surface area contributed by atoms with E-state index >= 15 is 0 Å². The number of carboxylic acids is 1. The molecule has 0 fully saturated rings. The standard InChI is InChI=1S/C15H15N3O2S/c1-8-4-5-11-6-9(2)14-16-17-15(21-7-12(19)20)18(14)13(11)10(8)3/h4-6H,7H2,1-3H3,(H,19,20). The minimum Gasteiger partial charge on any atom is -0.481 e. The zero-order valence-corrected chi connectivity index (χ0v) is 12.9. The van der Waals surface area contributed by atoms with Gasteiger partial charge in [0.1, 0.15) is 0 Å². The molecule has 0 aliphatic heterocycles. The number of aliphatic carboxylic acids is 1. The molecule has 0 amide bonds. The van der Waals surface area contributed by atoms with E-state index in [4.69, 9.17) is 5.11 Å². The van der Waals surface area contributed by atoms with Crippen LogP contribution in [0.5, 0.6) is 0 Å². The molecule has 0 saturated carbocycles. The molecular formula is C15H15N3O2S. The largest absolute Gasteiger partial charge is 0.481 e. The number of nitrogens with zero attached hydrogens (tertiary/aromatic N) is 3. The summed E-state index contributed by atoms with van der Waals surface area (Å²) in [7, 11) is 0. The van der Waals surface area contributed by atoms with E-state index in [1.807, 2.05) is 11.3 Å². The normalized spacial score (nSPS) is 11.4. The highest BCUT2D eigenvalue weighted by atomic mass is 32.2. The monoisotopic (exact) mass is 301 g/mol. The van der Waals surface area contributed by atoms with Crippen molar-refractivity contribution in [2.45, 2.75) is 25.9 Å². The van der Waals surface area contributed by atoms with Gasteiger partial charge >= 0.3 is 5.97 Å². The van der Waals surface area contributed by atoms with Gasteiger partial charge in [0, 0.05) is 0 Å². The minimum atomic E-state index is -0.860. The van der Waals surface area contributed by atoms with Gasteiger partial charge in [0.05, 0.1) is 11.3 Å². The predicted octanol–water partition coefficient (Wildman–Crippen LogP) is 2.98. The van der Waals surface area contributed by atoms with Crippen LogP contribution in [-0.4, -0.2) is 31.4 Å². The van der Waals surface area contributed by atoms with Crippen LogP contribution in [0.3, 0.4) is 0 Å². The molecule has 21 heavy (non-hydrogen) atoms. The molecule has 3 aromatic rings. The van der Waals surface area contributed by atoms with Crippen molar-refractivity contribution in [2.75, 3.05) is 5.75 Å². The van der Waals surface area contributed by atoms with Crippen molar-refractivity contribution in [1.29, 1.82) is 0 Å². The molecule has 2 aromatic heterocycles. The van der Waals surface area contributed by atoms with E-state index in [9.17, 15) is 4.79 Å². The summed E-state index contributed by atoms with van der Waals surface area (Å²) in [5, 5.41) is 19.0. The molecule has 0 unspecified atom stereocenters. The van der Waals surface area contributed by atoms with Crippen molar-refractivity contribution in [3.63, 3.8) is 0 Å². The number of pyridine rings is 1. The van der Waals surface area contributed by atoms with E-state index < -0.39 is 5.97 Å². The third kappa shape index (κ3) is 2.25. The number of aromatic nitrogens is 3. The van der Waals surface area contributed by atoms with Crippen LogP contribution in [-0.2, 0) is 4.79 Å². The lowest BCUT2D eigenvalue weighted by Gasteiger charge is -2.11. The zero-order valence-electron chi connectivity index (χ0n) is 12.0. The maximum atomic E-state index is 10.8. The summed E-state index contributed by atoms with van der Waals surface area (Å²) in [5.74, 6) is -0.886. The van der Waals surface area contributed by atoms with Crippen LogP contribution in [0.2, 0.25) is 0 Å². The average Bonchev–Trinajstić information content (AvgIpc) is 2.85. The Labute approximate surface area is 126 Å². The first kappa shape index (κ1) is 13.9. The average molecular weight is 301 g/mol. The second-order valence-electron chi connectivity index (χ2n) is 5.10. The molecule has 0 aliphatic rings. The third-order valence-corrected chi connectivity index (χ3v) is 4.55. The molecule has 0 bridgehead atoms. The number of benzene rings is 1. The van der Waals surface area contributed by atoms with Crippen molar-refractivity contribution in [1.82, 2.24) is 14.6 Å². The fourth-order valence-corrected chi connectivity index (χ4v) is 3.14. The molecular weight excluding hydrogens is 286 g/mol. The van der Waals surface area contributed by atoms with Gasteiger partial charge in [0.25, 0.3) is 0 Å². The fraction of sp³-hybridized carbons (Fsp3) is 0.267. The van der Waals surface area contributed by atoms with Gasteiger partial charge in [-0.3, -0.25) is 9.20 Å². The van der Waals surface area contributed by atoms with Crippen LogP contribution in [0.1, 0.15) is 16.7 Å². The molecule has 0 atom stereocenters. The molecule has 1 N–H and O–H groups in total. The van der Waals surface area contributed by atoms with Crippen molar-refractivity contribution in [2.24, 2.45) is 0 Å². The topological polar surface area (TPSA) is 67.5 Å². The van der Waals surface area contributed by atoms with Crippen LogP contribution < -0.4 is 0 Å². The Morgan fingerprint density at radius 1 is 1.24 bits per heavy atom. The predicted molar refractivity (Wildman–Crippen MR) is 83.1 cm³/mol. The van der Waals surface area contributed by atoms with E-state index in [-0.39, 0.29) is 5.75 Å². The van der Waals surface area contributed by atoms with Crippen LogP contribution in [0.4, 0.5) is 0 Å². The first-order valence-electron chi connectivity index (χ1n) is 6.58. The first-order valence-corrected chi connectivity index (χ1v) is 7.57. The highest BCUT2D eigenvalue weighted by molar-refractivity contribution is 7.99. The number of carboxylic acid groups (broad SMARTS) is 1. The second kappa shape index (κ2) is 5.04. The summed E-state index contributed by atoms with van der Waals surface area (Å²) in [5.41, 5.74) is 5.21. The first-order chi connectivity index (χ1) is 9.99. The van der Waals surface area contributed by atoms with Gasteiger partial charge in [-0.15, -0.1) is 10.2 Å². The molecule has 3 rings (SSSR count). The molecule has 0 spiro atoms. The van der Waals surface area contributed by atoms with Crippen LogP contribution >= 0.6 is 11.8 Å². The lowest BCUT2D eigenvalue weighted by Crippen LogP contribution is -2.01. The molecule has 5 nitrogen and oxygen atoms in total. The molecule has 1 aromatic carbocycles. The second-order valence-corrected chi connectivity index (χ2v) is 6.04. The molecule has 2 heterocycles. The molecule has 0 aliphatic carbocycles. The Hall–Kier alpha value is -2.08. The summed E-state index contributed by atoms with van der Waals surface area (Å²) < 4.78 is 1.97. The van der Waals surface area contributed by atoms with Gasteiger partial charge in [0.15, 0.2) is 10.8 Å². The number of aryl methyl sites for hydroxylation is 3. The molecule has 0 saturated heterocycles. The summed E-state index contributed by atoms with van der Waals surface area (Å²) in [6.07, 6.45) is 0. The summed E-state index contributed by atoms with van der Waals surface area (Å²) in [6.45, 7) is 6.12. The number of hydrogen-bond donors (Lipinski definition) is 1. The highest BCUT2D eigenvalue weighted by Crippen LogP contribution is 2.28. The van der Waals surface area contributed by atoms with E-state index in [2.05, 4.69) is 42.2 Å². The van der Waals surface area contributed by atoms with Crippen molar-refractivity contribution < 1.29 is 9.90 Å². The maximum absolute atomic E-state index is 10.8. The van der Waals surface area contributed by atoms with Crippen LogP contribution in [0, 0.1) is 20.8 Å². The molecule has 6 heteroatoms. The minimum absolute atomic E-state index is 0.0267. The van der Waals surface area contributed by atoms with Gasteiger partial charge in [-0.1, -0.05) is 23.9 Å². The van der Waals surface area contributed by atoms with Gasteiger partial charge in [-0.2, -0.15) is 0 Å². The van der Waals surface area contributed by atoms with Gasteiger partial charge in [0.2, 0.25) is 0 Å². The Kier molecular flexibility index (Phi) is 3.33. The number of fused-ring (bicyclic) bond motifs is 3. The summed E-state index contributed by atoms with van der Waals surface area (Å²) >= 11 is 1.19. The summed E-state index contributed by atoms with van der Waals surface area (Å²) in [4.78, 5) is 10.8. The van der Waals surface area contributed by atoms with E-state index in [1.165, 1.54) is 17.3 Å². The van der Waals surface area contributed by atoms with Crippen molar-refractivity contribution in [3.8, 4) is 0 Å². The Bertz CT molecular complexity index is 870. The molecule has 0 radical (unpaired) electrons. The smallest absolute Gasteiger partial charge is 0.313 e. The molecule has 108 valence electrons. The van der Waals surface area contributed by atoms with E-state index in [0.717, 1.165) is 27.7 Å². The number of rotatable bonds is 3. The van der Waals surface area contributed by atoms with Crippen molar-refractivity contribution >= 4 is 34.3 Å². The van der Waals surface area contributed by atoms with Gasteiger partial charge in [-0.25, -0.2) is 0 Å². The van der Waals surface area contributed by atoms with Crippen molar-refractivity contribution in [3.05, 3.63) is 34.9 Å². The Morgan fingerprint density at radius 3 is 2.71 bits per heavy atom. The van der Waals surface area contributed by atoms with Gasteiger partial charge < -0.3 is 5.11 Å². The lowest BCUT2D eigenvalue weighted by molar-refractivity contribution is -0.133. The Balaban J connectivity index is 2.36. The lowest BCUT2D eigenvalue weighted by atomic mass is 10.0. The van der Waals surface area contributed by atoms with E-state index in [0.29, 0.717) is 5.16 Å². The summed E-state index contributed by atoms with van der Waals surface area (Å²) in [6, 6.07) is 6.27. The quantitative estimate of drug-likeness (QED) is 0.753.